The Balaban J connectivity index is 0.00000200. The first-order valence-electron chi connectivity index (χ1n) is 6.36. The van der Waals surface area contributed by atoms with Gasteiger partial charge in [0.2, 0.25) is 5.91 Å². The van der Waals surface area contributed by atoms with Crippen molar-refractivity contribution in [3.05, 3.63) is 39.9 Å². The van der Waals surface area contributed by atoms with Crippen LogP contribution in [0.4, 0.5) is 5.69 Å². The number of nitrogens with zero attached hydrogens (tertiary/aromatic N) is 1. The Labute approximate surface area is 123 Å². The Bertz CT molecular complexity index is 490. The fraction of sp³-hybridized carbons (Fsp3) is 0.462. The number of halogens is 1. The number of rotatable bonds is 4. The standard InChI is InChI=1S/C13H17N3O3.ClH/c1-9(15-13(17)12-6-3-7-14-12)10-4-2-5-11(8-10)16(18)19;/h2,4-5,8-9,12,14H,3,6-7H2,1H3,(H,15,17);1H. The van der Waals surface area contributed by atoms with E-state index in [0.717, 1.165) is 24.9 Å². The van der Waals surface area contributed by atoms with E-state index in [2.05, 4.69) is 10.6 Å². The molecule has 6 nitrogen and oxygen atoms in total. The molecule has 110 valence electrons. The van der Waals surface area contributed by atoms with Gasteiger partial charge in [0.15, 0.2) is 0 Å². The highest BCUT2D eigenvalue weighted by atomic mass is 35.5. The van der Waals surface area contributed by atoms with E-state index >= 15 is 0 Å². The molecule has 2 atom stereocenters. The molecule has 1 aliphatic rings. The van der Waals surface area contributed by atoms with E-state index in [0.29, 0.717) is 0 Å². The van der Waals surface area contributed by atoms with E-state index in [1.807, 2.05) is 6.92 Å². The largest absolute Gasteiger partial charge is 0.348 e. The molecule has 0 aromatic heterocycles. The maximum Gasteiger partial charge on any atom is 0.269 e. The van der Waals surface area contributed by atoms with Crippen molar-refractivity contribution in [2.45, 2.75) is 31.8 Å². The zero-order chi connectivity index (χ0) is 13.8. The lowest BCUT2D eigenvalue weighted by atomic mass is 10.1. The first kappa shape index (κ1) is 16.4. The number of nitro groups is 1. The monoisotopic (exact) mass is 299 g/mol. The van der Waals surface area contributed by atoms with Gasteiger partial charge in [-0.15, -0.1) is 12.4 Å². The smallest absolute Gasteiger partial charge is 0.269 e. The Hall–Kier alpha value is -1.66. The van der Waals surface area contributed by atoms with Crippen molar-refractivity contribution in [2.75, 3.05) is 6.54 Å². The number of nitrogens with one attached hydrogen (secondary N) is 2. The van der Waals surface area contributed by atoms with E-state index in [1.165, 1.54) is 12.1 Å². The number of benzene rings is 1. The van der Waals surface area contributed by atoms with Crippen molar-refractivity contribution < 1.29 is 9.72 Å². The molecule has 1 aromatic carbocycles. The summed E-state index contributed by atoms with van der Waals surface area (Å²) in [6.45, 7) is 2.69. The fourth-order valence-corrected chi connectivity index (χ4v) is 2.21. The molecule has 1 aromatic rings. The molecule has 1 heterocycles. The molecule has 0 aliphatic carbocycles. The quantitative estimate of drug-likeness (QED) is 0.657. The fourth-order valence-electron chi connectivity index (χ4n) is 2.21. The molecule has 1 aliphatic heterocycles. The van der Waals surface area contributed by atoms with Crippen molar-refractivity contribution in [3.63, 3.8) is 0 Å². The third-order valence-electron chi connectivity index (χ3n) is 3.32. The van der Waals surface area contributed by atoms with Crippen LogP contribution in [0.5, 0.6) is 0 Å². The van der Waals surface area contributed by atoms with Gasteiger partial charge < -0.3 is 10.6 Å². The summed E-state index contributed by atoms with van der Waals surface area (Å²) >= 11 is 0. The highest BCUT2D eigenvalue weighted by Crippen LogP contribution is 2.19. The first-order valence-corrected chi connectivity index (χ1v) is 6.36. The van der Waals surface area contributed by atoms with Crippen LogP contribution in [0.2, 0.25) is 0 Å². The molecule has 1 saturated heterocycles. The van der Waals surface area contributed by atoms with Crippen molar-refractivity contribution in [1.82, 2.24) is 10.6 Å². The predicted octanol–water partition coefficient (Wildman–Crippen LogP) is 1.95. The molecule has 7 heteroatoms. The number of nitro benzene ring substituents is 1. The van der Waals surface area contributed by atoms with Gasteiger partial charge in [-0.1, -0.05) is 12.1 Å². The average molecular weight is 300 g/mol. The summed E-state index contributed by atoms with van der Waals surface area (Å²) in [5.74, 6) is -0.0449. The highest BCUT2D eigenvalue weighted by molar-refractivity contribution is 5.85. The minimum Gasteiger partial charge on any atom is -0.348 e. The minimum atomic E-state index is -0.434. The molecule has 0 spiro atoms. The summed E-state index contributed by atoms with van der Waals surface area (Å²) in [6, 6.07) is 5.96. The SMILES string of the molecule is CC(NC(=O)C1CCCN1)c1cccc([N+](=O)[O-])c1.Cl. The molecule has 2 rings (SSSR count). The number of carbonyl (C=O) groups excluding carboxylic acids is 1. The molecular weight excluding hydrogens is 282 g/mol. The number of hydrogen-bond acceptors (Lipinski definition) is 4. The van der Waals surface area contributed by atoms with Crippen LogP contribution in [-0.4, -0.2) is 23.4 Å². The highest BCUT2D eigenvalue weighted by Gasteiger charge is 2.23. The van der Waals surface area contributed by atoms with Crippen molar-refractivity contribution in [1.29, 1.82) is 0 Å². The lowest BCUT2D eigenvalue weighted by molar-refractivity contribution is -0.384. The van der Waals surface area contributed by atoms with Crippen LogP contribution in [0.1, 0.15) is 31.4 Å². The van der Waals surface area contributed by atoms with E-state index in [-0.39, 0.29) is 36.1 Å². The van der Waals surface area contributed by atoms with Gasteiger partial charge in [0.25, 0.3) is 5.69 Å². The van der Waals surface area contributed by atoms with Crippen LogP contribution in [0.3, 0.4) is 0 Å². The number of hydrogen-bond donors (Lipinski definition) is 2. The van der Waals surface area contributed by atoms with Crippen molar-refractivity contribution in [2.24, 2.45) is 0 Å². The maximum absolute atomic E-state index is 11.9. The summed E-state index contributed by atoms with van der Waals surface area (Å²) in [7, 11) is 0. The second kappa shape index (κ2) is 7.21. The van der Waals surface area contributed by atoms with Crippen LogP contribution < -0.4 is 10.6 Å². The minimum absolute atomic E-state index is 0. The lowest BCUT2D eigenvalue weighted by Gasteiger charge is -2.17. The number of non-ortho nitro benzene ring substituents is 1. The Morgan fingerprint density at radius 3 is 2.90 bits per heavy atom. The summed E-state index contributed by atoms with van der Waals surface area (Å²) < 4.78 is 0. The molecule has 2 unspecified atom stereocenters. The zero-order valence-electron chi connectivity index (χ0n) is 11.2. The topological polar surface area (TPSA) is 84.3 Å². The Morgan fingerprint density at radius 1 is 1.55 bits per heavy atom. The van der Waals surface area contributed by atoms with Gasteiger partial charge in [0.1, 0.15) is 0 Å². The van der Waals surface area contributed by atoms with Gasteiger partial charge in [0.05, 0.1) is 17.0 Å². The average Bonchev–Trinajstić information content (AvgIpc) is 2.92. The van der Waals surface area contributed by atoms with Crippen LogP contribution >= 0.6 is 12.4 Å². The van der Waals surface area contributed by atoms with Gasteiger partial charge >= 0.3 is 0 Å². The second-order valence-electron chi connectivity index (χ2n) is 4.73. The first-order chi connectivity index (χ1) is 9.08. The third-order valence-corrected chi connectivity index (χ3v) is 3.32. The summed E-state index contributed by atoms with van der Waals surface area (Å²) in [5, 5.41) is 16.7. The summed E-state index contributed by atoms with van der Waals surface area (Å²) in [6.07, 6.45) is 1.84. The third kappa shape index (κ3) is 3.91. The van der Waals surface area contributed by atoms with Gasteiger partial charge in [-0.3, -0.25) is 14.9 Å². The molecule has 1 amide bonds. The zero-order valence-corrected chi connectivity index (χ0v) is 12.0. The van der Waals surface area contributed by atoms with Crippen LogP contribution in [0.25, 0.3) is 0 Å². The summed E-state index contributed by atoms with van der Waals surface area (Å²) in [5.41, 5.74) is 0.776. The molecule has 0 radical (unpaired) electrons. The molecule has 1 fully saturated rings. The number of amides is 1. The van der Waals surface area contributed by atoms with Crippen LogP contribution in [-0.2, 0) is 4.79 Å². The van der Waals surface area contributed by atoms with Gasteiger partial charge in [-0.05, 0) is 31.9 Å². The maximum atomic E-state index is 11.9. The molecule has 2 N–H and O–H groups in total. The van der Waals surface area contributed by atoms with Crippen LogP contribution in [0, 0.1) is 10.1 Å². The van der Waals surface area contributed by atoms with Gasteiger partial charge in [0, 0.05) is 12.1 Å². The van der Waals surface area contributed by atoms with E-state index in [9.17, 15) is 14.9 Å². The van der Waals surface area contributed by atoms with Gasteiger partial charge in [-0.25, -0.2) is 0 Å². The number of carbonyl (C=O) groups is 1. The van der Waals surface area contributed by atoms with Crippen molar-refractivity contribution >= 4 is 24.0 Å². The van der Waals surface area contributed by atoms with E-state index < -0.39 is 4.92 Å². The van der Waals surface area contributed by atoms with E-state index in [4.69, 9.17) is 0 Å². The molecule has 0 bridgehead atoms. The molecule has 20 heavy (non-hydrogen) atoms. The molecular formula is C13H18ClN3O3. The van der Waals surface area contributed by atoms with Crippen molar-refractivity contribution in [3.8, 4) is 0 Å². The lowest BCUT2D eigenvalue weighted by Crippen LogP contribution is -2.41. The Morgan fingerprint density at radius 2 is 2.30 bits per heavy atom. The van der Waals surface area contributed by atoms with Gasteiger partial charge in [-0.2, -0.15) is 0 Å². The summed E-state index contributed by atoms with van der Waals surface area (Å²) in [4.78, 5) is 22.2. The predicted molar refractivity (Wildman–Crippen MR) is 77.9 cm³/mol. The van der Waals surface area contributed by atoms with Crippen LogP contribution in [0.15, 0.2) is 24.3 Å². The van der Waals surface area contributed by atoms with E-state index in [1.54, 1.807) is 12.1 Å². The Kier molecular flexibility index (Phi) is 5.91. The molecule has 0 saturated carbocycles. The second-order valence-corrected chi connectivity index (χ2v) is 4.73. The normalized spacial score (nSPS) is 18.9.